The molecular formula is C19H27N3O3. The van der Waals surface area contributed by atoms with Crippen molar-refractivity contribution >= 4 is 11.9 Å². The van der Waals surface area contributed by atoms with Crippen LogP contribution in [0.25, 0.3) is 0 Å². The fourth-order valence-electron chi connectivity index (χ4n) is 3.62. The van der Waals surface area contributed by atoms with E-state index in [1.54, 1.807) is 28.0 Å². The summed E-state index contributed by atoms with van der Waals surface area (Å²) in [5.74, 6) is -0.165. The van der Waals surface area contributed by atoms with Crippen molar-refractivity contribution in [1.29, 1.82) is 0 Å². The Kier molecular flexibility index (Phi) is 5.46. The van der Waals surface area contributed by atoms with Gasteiger partial charge in [-0.1, -0.05) is 30.9 Å². The lowest BCUT2D eigenvalue weighted by molar-refractivity contribution is 0.0659. The van der Waals surface area contributed by atoms with Crippen molar-refractivity contribution in [2.75, 3.05) is 26.2 Å². The number of aryl methyl sites for hydroxylation is 1. The Hall–Kier alpha value is -2.24. The lowest BCUT2D eigenvalue weighted by atomic mass is 9.96. The second-order valence-corrected chi connectivity index (χ2v) is 7.08. The van der Waals surface area contributed by atoms with Crippen LogP contribution < -0.4 is 5.32 Å². The van der Waals surface area contributed by atoms with E-state index in [9.17, 15) is 14.7 Å². The molecule has 2 fully saturated rings. The first kappa shape index (κ1) is 17.6. The van der Waals surface area contributed by atoms with E-state index in [-0.39, 0.29) is 17.7 Å². The van der Waals surface area contributed by atoms with Crippen molar-refractivity contribution in [3.05, 3.63) is 29.3 Å². The predicted molar refractivity (Wildman–Crippen MR) is 95.7 cm³/mol. The average molecular weight is 345 g/mol. The number of phenols is 1. The number of nitrogens with one attached hydrogen (secondary N) is 1. The lowest BCUT2D eigenvalue weighted by Crippen LogP contribution is -2.54. The second kappa shape index (κ2) is 7.76. The molecule has 3 amide bonds. The standard InChI is InChI=1S/C19H27N3O3/c1-14-7-8-17(23)16(13-14)18(24)21-9-11-22(12-10-21)19(25)20-15-5-3-2-4-6-15/h7-8,13,15,23H,2-6,9-12H2,1H3,(H,20,25). The second-order valence-electron chi connectivity index (χ2n) is 7.08. The highest BCUT2D eigenvalue weighted by atomic mass is 16.3. The molecule has 6 heteroatoms. The van der Waals surface area contributed by atoms with Crippen molar-refractivity contribution in [2.24, 2.45) is 0 Å². The molecule has 0 atom stereocenters. The van der Waals surface area contributed by atoms with Crippen LogP contribution in [0.5, 0.6) is 5.75 Å². The largest absolute Gasteiger partial charge is 0.507 e. The summed E-state index contributed by atoms with van der Waals surface area (Å²) in [6, 6.07) is 5.32. The van der Waals surface area contributed by atoms with Crippen LogP contribution in [0.15, 0.2) is 18.2 Å². The first-order chi connectivity index (χ1) is 12.0. The van der Waals surface area contributed by atoms with Gasteiger partial charge in [-0.25, -0.2) is 4.79 Å². The van der Waals surface area contributed by atoms with Crippen LogP contribution in [0.1, 0.15) is 48.0 Å². The minimum Gasteiger partial charge on any atom is -0.507 e. The zero-order chi connectivity index (χ0) is 17.8. The summed E-state index contributed by atoms with van der Waals surface area (Å²) in [6.07, 6.45) is 5.77. The van der Waals surface area contributed by atoms with Gasteiger partial charge in [-0.15, -0.1) is 0 Å². The number of hydrogen-bond donors (Lipinski definition) is 2. The Labute approximate surface area is 148 Å². The maximum absolute atomic E-state index is 12.6. The fourth-order valence-corrected chi connectivity index (χ4v) is 3.62. The number of amides is 3. The van der Waals surface area contributed by atoms with E-state index in [1.807, 2.05) is 6.92 Å². The van der Waals surface area contributed by atoms with Crippen molar-refractivity contribution in [3.63, 3.8) is 0 Å². The molecule has 3 rings (SSSR count). The third-order valence-corrected chi connectivity index (χ3v) is 5.17. The predicted octanol–water partition coefficient (Wildman–Crippen LogP) is 2.50. The molecule has 1 saturated carbocycles. The summed E-state index contributed by atoms with van der Waals surface area (Å²) >= 11 is 0. The molecule has 1 saturated heterocycles. The van der Waals surface area contributed by atoms with Crippen LogP contribution in [-0.2, 0) is 0 Å². The van der Waals surface area contributed by atoms with Crippen LogP contribution >= 0.6 is 0 Å². The zero-order valence-electron chi connectivity index (χ0n) is 14.8. The number of benzene rings is 1. The molecule has 0 radical (unpaired) electrons. The van der Waals surface area contributed by atoms with Crippen molar-refractivity contribution in [3.8, 4) is 5.75 Å². The van der Waals surface area contributed by atoms with Gasteiger partial charge in [0.15, 0.2) is 0 Å². The van der Waals surface area contributed by atoms with E-state index in [1.165, 1.54) is 19.3 Å². The summed E-state index contributed by atoms with van der Waals surface area (Å²) in [6.45, 7) is 3.92. The van der Waals surface area contributed by atoms with E-state index >= 15 is 0 Å². The number of hydrogen-bond acceptors (Lipinski definition) is 3. The molecule has 1 heterocycles. The Morgan fingerprint density at radius 3 is 2.36 bits per heavy atom. The summed E-state index contributed by atoms with van der Waals surface area (Å²) in [7, 11) is 0. The number of piperazine rings is 1. The van der Waals surface area contributed by atoms with Crippen molar-refractivity contribution < 1.29 is 14.7 Å². The SMILES string of the molecule is Cc1ccc(O)c(C(=O)N2CCN(C(=O)NC3CCCCC3)CC2)c1. The molecule has 136 valence electrons. The highest BCUT2D eigenvalue weighted by Gasteiger charge is 2.27. The Morgan fingerprint density at radius 1 is 1.04 bits per heavy atom. The first-order valence-electron chi connectivity index (χ1n) is 9.19. The van der Waals surface area contributed by atoms with E-state index < -0.39 is 0 Å². The number of aromatic hydroxyl groups is 1. The van der Waals surface area contributed by atoms with E-state index in [0.29, 0.717) is 37.8 Å². The topological polar surface area (TPSA) is 72.9 Å². The maximum Gasteiger partial charge on any atom is 0.317 e. The molecule has 0 unspecified atom stereocenters. The Bertz CT molecular complexity index is 633. The molecule has 2 aliphatic rings. The first-order valence-corrected chi connectivity index (χ1v) is 9.19. The molecule has 1 aliphatic heterocycles. The quantitative estimate of drug-likeness (QED) is 0.865. The summed E-state index contributed by atoms with van der Waals surface area (Å²) in [5, 5.41) is 13.1. The monoisotopic (exact) mass is 345 g/mol. The molecule has 0 spiro atoms. The minimum absolute atomic E-state index is 0.00747. The van der Waals surface area contributed by atoms with Crippen LogP contribution in [0.2, 0.25) is 0 Å². The number of phenolic OH excluding ortho intramolecular Hbond substituents is 1. The van der Waals surface area contributed by atoms with Crippen molar-refractivity contribution in [2.45, 2.75) is 45.1 Å². The van der Waals surface area contributed by atoms with Gasteiger partial charge in [0.2, 0.25) is 0 Å². The number of nitrogens with zero attached hydrogens (tertiary/aromatic N) is 2. The minimum atomic E-state index is -0.173. The molecule has 1 aliphatic carbocycles. The van der Waals surface area contributed by atoms with Gasteiger partial charge < -0.3 is 20.2 Å². The smallest absolute Gasteiger partial charge is 0.317 e. The van der Waals surface area contributed by atoms with Gasteiger partial charge in [-0.05, 0) is 31.9 Å². The normalized spacial score (nSPS) is 18.9. The zero-order valence-corrected chi connectivity index (χ0v) is 14.8. The molecule has 1 aromatic rings. The molecule has 0 aromatic heterocycles. The summed E-state index contributed by atoms with van der Waals surface area (Å²) in [5.41, 5.74) is 1.27. The van der Waals surface area contributed by atoms with Crippen LogP contribution in [-0.4, -0.2) is 59.1 Å². The molecule has 1 aromatic carbocycles. The van der Waals surface area contributed by atoms with Gasteiger partial charge in [0.05, 0.1) is 5.56 Å². The average Bonchev–Trinajstić information content (AvgIpc) is 2.64. The third-order valence-electron chi connectivity index (χ3n) is 5.17. The molecule has 6 nitrogen and oxygen atoms in total. The number of carbonyl (C=O) groups excluding carboxylic acids is 2. The molecule has 2 N–H and O–H groups in total. The van der Waals surface area contributed by atoms with Gasteiger partial charge in [-0.3, -0.25) is 4.79 Å². The van der Waals surface area contributed by atoms with Gasteiger partial charge in [0.25, 0.3) is 5.91 Å². The van der Waals surface area contributed by atoms with Crippen molar-refractivity contribution in [1.82, 2.24) is 15.1 Å². The van der Waals surface area contributed by atoms with Gasteiger partial charge >= 0.3 is 6.03 Å². The van der Waals surface area contributed by atoms with E-state index in [4.69, 9.17) is 0 Å². The van der Waals surface area contributed by atoms with Gasteiger partial charge in [0.1, 0.15) is 5.75 Å². The Morgan fingerprint density at radius 2 is 1.68 bits per heavy atom. The summed E-state index contributed by atoms with van der Waals surface area (Å²) in [4.78, 5) is 28.5. The summed E-state index contributed by atoms with van der Waals surface area (Å²) < 4.78 is 0. The number of rotatable bonds is 2. The van der Waals surface area contributed by atoms with Gasteiger partial charge in [-0.2, -0.15) is 0 Å². The van der Waals surface area contributed by atoms with Crippen LogP contribution in [0, 0.1) is 6.92 Å². The van der Waals surface area contributed by atoms with Crippen LogP contribution in [0.3, 0.4) is 0 Å². The van der Waals surface area contributed by atoms with Gasteiger partial charge in [0, 0.05) is 32.2 Å². The Balaban J connectivity index is 1.53. The molecular weight excluding hydrogens is 318 g/mol. The molecule has 0 bridgehead atoms. The fraction of sp³-hybridized carbons (Fsp3) is 0.579. The highest BCUT2D eigenvalue weighted by Crippen LogP contribution is 2.21. The van der Waals surface area contributed by atoms with Crippen LogP contribution in [0.4, 0.5) is 4.79 Å². The maximum atomic E-state index is 12.6. The third kappa shape index (κ3) is 4.24. The van der Waals surface area contributed by atoms with E-state index in [0.717, 1.165) is 18.4 Å². The molecule has 25 heavy (non-hydrogen) atoms. The highest BCUT2D eigenvalue weighted by molar-refractivity contribution is 5.97. The number of carbonyl (C=O) groups is 2. The van der Waals surface area contributed by atoms with E-state index in [2.05, 4.69) is 5.32 Å². The lowest BCUT2D eigenvalue weighted by Gasteiger charge is -2.36. The number of urea groups is 1.